The van der Waals surface area contributed by atoms with Crippen molar-refractivity contribution < 1.29 is 4.79 Å². The molecule has 0 spiro atoms. The van der Waals surface area contributed by atoms with Crippen LogP contribution < -0.4 is 5.32 Å². The zero-order chi connectivity index (χ0) is 24.0. The van der Waals surface area contributed by atoms with Crippen molar-refractivity contribution in [2.45, 2.75) is 46.2 Å². The van der Waals surface area contributed by atoms with Gasteiger partial charge in [-0.3, -0.25) is 9.48 Å². The maximum Gasteiger partial charge on any atom is 0.266 e. The number of thiazole rings is 1. The number of rotatable bonds is 5. The van der Waals surface area contributed by atoms with Crippen molar-refractivity contribution in [2.24, 2.45) is 7.05 Å². The topological polar surface area (TPSA) is 88.8 Å². The molecule has 1 amide bonds. The third-order valence-electron chi connectivity index (χ3n) is 5.78. The van der Waals surface area contributed by atoms with E-state index in [4.69, 9.17) is 4.98 Å². The van der Waals surface area contributed by atoms with E-state index in [2.05, 4.69) is 60.2 Å². The van der Waals surface area contributed by atoms with E-state index in [0.717, 1.165) is 43.7 Å². The first-order valence-corrected chi connectivity index (χ1v) is 12.0. The van der Waals surface area contributed by atoms with Gasteiger partial charge in [-0.15, -0.1) is 11.3 Å². The Morgan fingerprint density at radius 1 is 1.18 bits per heavy atom. The van der Waals surface area contributed by atoms with E-state index in [1.165, 1.54) is 11.3 Å². The smallest absolute Gasteiger partial charge is 0.266 e. The van der Waals surface area contributed by atoms with Crippen molar-refractivity contribution in [1.29, 1.82) is 0 Å². The van der Waals surface area contributed by atoms with E-state index in [0.29, 0.717) is 19.0 Å². The van der Waals surface area contributed by atoms with Gasteiger partial charge < -0.3 is 10.2 Å². The summed E-state index contributed by atoms with van der Waals surface area (Å²) in [5.74, 6) is 0.594. The van der Waals surface area contributed by atoms with Gasteiger partial charge in [0, 0.05) is 37.0 Å². The fraction of sp³-hybridized carbons (Fsp3) is 0.320. The Kier molecular flexibility index (Phi) is 5.44. The first-order valence-electron chi connectivity index (χ1n) is 11.2. The SMILES string of the molecule is Cc1cc(-c2ccnc(Nc3cnn(C)c3)n2)ccc1CN1Cc2nc(C(C)(C)C)sc2C1=O. The summed E-state index contributed by atoms with van der Waals surface area (Å²) in [6, 6.07) is 8.13. The molecule has 174 valence electrons. The molecule has 4 heterocycles. The number of carbonyl (C=O) groups is 1. The minimum absolute atomic E-state index is 0.0408. The first kappa shape index (κ1) is 22.2. The largest absolute Gasteiger partial charge is 0.328 e. The number of benzene rings is 1. The second-order valence-corrected chi connectivity index (χ2v) is 10.6. The minimum atomic E-state index is -0.0408. The summed E-state index contributed by atoms with van der Waals surface area (Å²) in [5, 5.41) is 8.35. The van der Waals surface area contributed by atoms with E-state index in [1.54, 1.807) is 17.1 Å². The molecule has 1 aliphatic heterocycles. The highest BCUT2D eigenvalue weighted by Crippen LogP contribution is 2.35. The van der Waals surface area contributed by atoms with Gasteiger partial charge in [-0.25, -0.2) is 15.0 Å². The predicted molar refractivity (Wildman–Crippen MR) is 133 cm³/mol. The second-order valence-electron chi connectivity index (χ2n) is 9.64. The highest BCUT2D eigenvalue weighted by Gasteiger charge is 2.34. The summed E-state index contributed by atoms with van der Waals surface area (Å²) in [6.07, 6.45) is 5.34. The highest BCUT2D eigenvalue weighted by atomic mass is 32.1. The Hall–Kier alpha value is -3.59. The molecule has 0 atom stereocenters. The molecule has 0 saturated heterocycles. The van der Waals surface area contributed by atoms with Crippen LogP contribution >= 0.6 is 11.3 Å². The second kappa shape index (κ2) is 8.32. The van der Waals surface area contributed by atoms with Crippen LogP contribution in [0.15, 0.2) is 42.9 Å². The van der Waals surface area contributed by atoms with Crippen molar-refractivity contribution in [3.63, 3.8) is 0 Å². The third-order valence-corrected chi connectivity index (χ3v) is 7.29. The van der Waals surface area contributed by atoms with Crippen LogP contribution in [0.1, 0.15) is 52.3 Å². The van der Waals surface area contributed by atoms with Crippen LogP contribution in [0, 0.1) is 6.92 Å². The molecular formula is C25H27N7OS. The zero-order valence-corrected chi connectivity index (χ0v) is 20.8. The highest BCUT2D eigenvalue weighted by molar-refractivity contribution is 7.14. The normalized spacial score (nSPS) is 13.4. The van der Waals surface area contributed by atoms with Gasteiger partial charge >= 0.3 is 0 Å². The van der Waals surface area contributed by atoms with Gasteiger partial charge in [0.25, 0.3) is 5.91 Å². The quantitative estimate of drug-likeness (QED) is 0.446. The molecule has 9 heteroatoms. The van der Waals surface area contributed by atoms with Crippen LogP contribution in [0.4, 0.5) is 11.6 Å². The Balaban J connectivity index is 1.31. The van der Waals surface area contributed by atoms with Gasteiger partial charge in [0.15, 0.2) is 0 Å². The lowest BCUT2D eigenvalue weighted by molar-refractivity contribution is 0.0769. The zero-order valence-electron chi connectivity index (χ0n) is 20.0. The van der Waals surface area contributed by atoms with Gasteiger partial charge in [-0.1, -0.05) is 32.9 Å². The van der Waals surface area contributed by atoms with Crippen molar-refractivity contribution in [1.82, 2.24) is 29.6 Å². The number of amides is 1. The molecule has 0 aliphatic carbocycles. The van der Waals surface area contributed by atoms with Crippen molar-refractivity contribution in [2.75, 3.05) is 5.32 Å². The van der Waals surface area contributed by atoms with Crippen LogP contribution in [-0.2, 0) is 25.6 Å². The van der Waals surface area contributed by atoms with Gasteiger partial charge in [-0.2, -0.15) is 5.10 Å². The maximum atomic E-state index is 13.0. The number of nitrogens with zero attached hydrogens (tertiary/aromatic N) is 6. The Bertz CT molecular complexity index is 1380. The van der Waals surface area contributed by atoms with Gasteiger partial charge in [0.2, 0.25) is 5.95 Å². The first-order chi connectivity index (χ1) is 16.2. The number of hydrogen-bond donors (Lipinski definition) is 1. The van der Waals surface area contributed by atoms with E-state index < -0.39 is 0 Å². The summed E-state index contributed by atoms with van der Waals surface area (Å²) in [6.45, 7) is 9.59. The molecule has 1 N–H and O–H groups in total. The number of aromatic nitrogens is 5. The van der Waals surface area contributed by atoms with E-state index in [1.807, 2.05) is 30.3 Å². The maximum absolute atomic E-state index is 13.0. The molecule has 0 bridgehead atoms. The summed E-state index contributed by atoms with van der Waals surface area (Å²) in [5.41, 5.74) is 5.76. The molecular weight excluding hydrogens is 446 g/mol. The van der Waals surface area contributed by atoms with Crippen molar-refractivity contribution in [3.05, 3.63) is 69.6 Å². The molecule has 8 nitrogen and oxygen atoms in total. The third kappa shape index (κ3) is 4.31. The fourth-order valence-corrected chi connectivity index (χ4v) is 5.00. The number of carbonyl (C=O) groups excluding carboxylic acids is 1. The van der Waals surface area contributed by atoms with Gasteiger partial charge in [-0.05, 0) is 30.2 Å². The number of anilines is 2. The summed E-state index contributed by atoms with van der Waals surface area (Å²) in [7, 11) is 1.86. The van der Waals surface area contributed by atoms with E-state index >= 15 is 0 Å². The van der Waals surface area contributed by atoms with E-state index in [-0.39, 0.29) is 11.3 Å². The number of nitrogens with one attached hydrogen (secondary N) is 1. The lowest BCUT2D eigenvalue weighted by Gasteiger charge is -2.19. The molecule has 0 fully saturated rings. The Morgan fingerprint density at radius 2 is 2.00 bits per heavy atom. The Morgan fingerprint density at radius 3 is 2.68 bits per heavy atom. The van der Waals surface area contributed by atoms with Crippen LogP contribution in [-0.4, -0.2) is 35.5 Å². The van der Waals surface area contributed by atoms with Crippen LogP contribution in [0.5, 0.6) is 0 Å². The van der Waals surface area contributed by atoms with Crippen LogP contribution in [0.2, 0.25) is 0 Å². The molecule has 0 unspecified atom stereocenters. The molecule has 34 heavy (non-hydrogen) atoms. The molecule has 1 aliphatic rings. The average Bonchev–Trinajstić information content (AvgIpc) is 3.46. The molecule has 0 radical (unpaired) electrons. The Labute approximate surface area is 202 Å². The average molecular weight is 474 g/mol. The lowest BCUT2D eigenvalue weighted by Crippen LogP contribution is -2.24. The molecule has 0 saturated carbocycles. The number of fused-ring (bicyclic) bond motifs is 1. The minimum Gasteiger partial charge on any atom is -0.328 e. The standard InChI is InChI=1S/C25H27N7OS/c1-15-10-16(19-8-9-26-24(30-19)28-18-11-27-31(5)13-18)6-7-17(15)12-32-14-20-21(22(32)33)34-23(29-20)25(2,3)4/h6-11,13H,12,14H2,1-5H3,(H,26,28,30). The number of hydrogen-bond acceptors (Lipinski definition) is 7. The fourth-order valence-electron chi connectivity index (χ4n) is 3.90. The van der Waals surface area contributed by atoms with Crippen molar-refractivity contribution in [3.8, 4) is 11.3 Å². The lowest BCUT2D eigenvalue weighted by atomic mass is 9.98. The van der Waals surface area contributed by atoms with Crippen LogP contribution in [0.3, 0.4) is 0 Å². The van der Waals surface area contributed by atoms with Crippen LogP contribution in [0.25, 0.3) is 11.3 Å². The molecule has 3 aromatic heterocycles. The molecule has 4 aromatic rings. The molecule has 5 rings (SSSR count). The monoisotopic (exact) mass is 473 g/mol. The summed E-state index contributed by atoms with van der Waals surface area (Å²) >= 11 is 1.53. The molecule has 1 aromatic carbocycles. The van der Waals surface area contributed by atoms with Gasteiger partial charge in [0.05, 0.1) is 34.8 Å². The van der Waals surface area contributed by atoms with Gasteiger partial charge in [0.1, 0.15) is 4.88 Å². The van der Waals surface area contributed by atoms with E-state index in [9.17, 15) is 4.79 Å². The van der Waals surface area contributed by atoms with Crippen molar-refractivity contribution >= 4 is 28.9 Å². The number of aryl methyl sites for hydroxylation is 2. The summed E-state index contributed by atoms with van der Waals surface area (Å²) < 4.78 is 1.72. The summed E-state index contributed by atoms with van der Waals surface area (Å²) in [4.78, 5) is 29.4. The predicted octanol–water partition coefficient (Wildman–Crippen LogP) is 4.84.